The van der Waals surface area contributed by atoms with Crippen LogP contribution in [-0.4, -0.2) is 54.2 Å². The lowest BCUT2D eigenvalue weighted by atomic mass is 9.96. The van der Waals surface area contributed by atoms with Crippen molar-refractivity contribution in [1.29, 1.82) is 0 Å². The largest absolute Gasteiger partial charge is 0.494 e. The summed E-state index contributed by atoms with van der Waals surface area (Å²) in [6.45, 7) is 4.09. The van der Waals surface area contributed by atoms with E-state index in [1.807, 2.05) is 74.6 Å². The van der Waals surface area contributed by atoms with Crippen LogP contribution in [0.15, 0.2) is 84.9 Å². The molecule has 0 saturated heterocycles. The fourth-order valence-corrected chi connectivity index (χ4v) is 3.97. The molecule has 0 aliphatic carbocycles. The van der Waals surface area contributed by atoms with Crippen LogP contribution >= 0.6 is 0 Å². The van der Waals surface area contributed by atoms with Gasteiger partial charge in [0.2, 0.25) is 5.91 Å². The van der Waals surface area contributed by atoms with Crippen molar-refractivity contribution in [2.75, 3.05) is 33.4 Å². The number of ether oxygens (including phenoxy) is 1. The van der Waals surface area contributed by atoms with E-state index in [2.05, 4.69) is 29.2 Å². The summed E-state index contributed by atoms with van der Waals surface area (Å²) >= 11 is 0. The Kier molecular flexibility index (Phi) is 9.48. The minimum atomic E-state index is -0.0678. The highest BCUT2D eigenvalue weighted by molar-refractivity contribution is 5.78. The van der Waals surface area contributed by atoms with E-state index in [1.165, 1.54) is 0 Å². The van der Waals surface area contributed by atoms with Gasteiger partial charge in [-0.3, -0.25) is 9.69 Å². The van der Waals surface area contributed by atoms with Crippen molar-refractivity contribution in [3.8, 4) is 5.75 Å². The summed E-state index contributed by atoms with van der Waals surface area (Å²) in [5.41, 5.74) is 3.31. The van der Waals surface area contributed by atoms with Gasteiger partial charge in [-0.15, -0.1) is 0 Å². The van der Waals surface area contributed by atoms with Crippen molar-refractivity contribution in [1.82, 2.24) is 9.80 Å². The second kappa shape index (κ2) is 12.8. The van der Waals surface area contributed by atoms with Crippen molar-refractivity contribution in [2.24, 2.45) is 0 Å². The molecule has 0 aliphatic rings. The van der Waals surface area contributed by atoms with Crippen molar-refractivity contribution >= 4 is 5.91 Å². The number of carbonyl (C=O) groups excluding carboxylic acids is 1. The number of aliphatic hydroxyl groups excluding tert-OH is 1. The van der Waals surface area contributed by atoms with Gasteiger partial charge in [0.05, 0.1) is 19.2 Å². The van der Waals surface area contributed by atoms with Gasteiger partial charge in [0.1, 0.15) is 5.75 Å². The fourth-order valence-electron chi connectivity index (χ4n) is 3.97. The SMILES string of the molecule is CCOc1ccc(CN(C)C(=O)CN(CCCO)C(c2ccccc2)c2ccccc2)cc1. The summed E-state index contributed by atoms with van der Waals surface area (Å²) in [5, 5.41) is 9.50. The number of nitrogens with zero attached hydrogens (tertiary/aromatic N) is 2. The molecule has 0 aliphatic heterocycles. The molecule has 0 radical (unpaired) electrons. The lowest BCUT2D eigenvalue weighted by Crippen LogP contribution is -2.41. The molecule has 3 rings (SSSR count). The van der Waals surface area contributed by atoms with Crippen LogP contribution < -0.4 is 4.74 Å². The molecule has 0 unspecified atom stereocenters. The van der Waals surface area contributed by atoms with Crippen molar-refractivity contribution < 1.29 is 14.6 Å². The van der Waals surface area contributed by atoms with E-state index in [0.717, 1.165) is 22.4 Å². The first-order valence-corrected chi connectivity index (χ1v) is 11.5. The molecular weight excluding hydrogens is 412 g/mol. The van der Waals surface area contributed by atoms with Gasteiger partial charge in [0, 0.05) is 26.7 Å². The van der Waals surface area contributed by atoms with E-state index < -0.39 is 0 Å². The third-order valence-corrected chi connectivity index (χ3v) is 5.62. The number of benzene rings is 3. The van der Waals surface area contributed by atoms with Gasteiger partial charge in [-0.1, -0.05) is 72.8 Å². The Morgan fingerprint density at radius 1 is 0.909 bits per heavy atom. The highest BCUT2D eigenvalue weighted by atomic mass is 16.5. The normalized spacial score (nSPS) is 11.1. The predicted octanol–water partition coefficient (Wildman–Crippen LogP) is 4.52. The van der Waals surface area contributed by atoms with Gasteiger partial charge in [-0.2, -0.15) is 0 Å². The van der Waals surface area contributed by atoms with Gasteiger partial charge in [-0.05, 0) is 42.2 Å². The summed E-state index contributed by atoms with van der Waals surface area (Å²) in [6, 6.07) is 28.3. The maximum absolute atomic E-state index is 13.3. The smallest absolute Gasteiger partial charge is 0.236 e. The number of carbonyl (C=O) groups is 1. The molecular formula is C28H34N2O3. The minimum absolute atomic E-state index is 0.0405. The van der Waals surface area contributed by atoms with Gasteiger partial charge >= 0.3 is 0 Å². The minimum Gasteiger partial charge on any atom is -0.494 e. The number of hydrogen-bond donors (Lipinski definition) is 1. The van der Waals surface area contributed by atoms with E-state index in [-0.39, 0.29) is 25.1 Å². The Hall–Kier alpha value is -3.15. The topological polar surface area (TPSA) is 53.0 Å². The molecule has 3 aromatic carbocycles. The Morgan fingerprint density at radius 3 is 2.00 bits per heavy atom. The van der Waals surface area contributed by atoms with Crippen molar-refractivity contribution in [3.63, 3.8) is 0 Å². The number of hydrogen-bond acceptors (Lipinski definition) is 4. The highest BCUT2D eigenvalue weighted by Gasteiger charge is 2.25. The zero-order valence-electron chi connectivity index (χ0n) is 19.6. The van der Waals surface area contributed by atoms with Crippen LogP contribution in [-0.2, 0) is 11.3 Å². The lowest BCUT2D eigenvalue weighted by Gasteiger charge is -2.33. The number of aliphatic hydroxyl groups is 1. The second-order valence-corrected chi connectivity index (χ2v) is 8.10. The molecule has 1 amide bonds. The van der Waals surface area contributed by atoms with Gasteiger partial charge < -0.3 is 14.7 Å². The standard InChI is InChI=1S/C28H34N2O3/c1-3-33-26-17-15-23(16-18-26)21-29(2)27(32)22-30(19-10-20-31)28(24-11-6-4-7-12-24)25-13-8-5-9-14-25/h4-9,11-18,28,31H,3,10,19-22H2,1-2H3. The van der Waals surface area contributed by atoms with Crippen molar-refractivity contribution in [2.45, 2.75) is 25.9 Å². The summed E-state index contributed by atoms with van der Waals surface area (Å²) < 4.78 is 5.51. The Labute approximate surface area is 197 Å². The molecule has 33 heavy (non-hydrogen) atoms. The number of likely N-dealkylation sites (N-methyl/N-ethyl adjacent to an activating group) is 1. The molecule has 0 atom stereocenters. The van der Waals surface area contributed by atoms with Crippen LogP contribution in [0.2, 0.25) is 0 Å². The predicted molar refractivity (Wildman–Crippen MR) is 132 cm³/mol. The Balaban J connectivity index is 1.78. The van der Waals surface area contributed by atoms with Crippen LogP contribution in [0, 0.1) is 0 Å². The third-order valence-electron chi connectivity index (χ3n) is 5.62. The zero-order chi connectivity index (χ0) is 23.5. The monoisotopic (exact) mass is 446 g/mol. The maximum atomic E-state index is 13.3. The van der Waals surface area contributed by atoms with Crippen LogP contribution in [0.4, 0.5) is 0 Å². The number of rotatable bonds is 12. The van der Waals surface area contributed by atoms with E-state index in [1.54, 1.807) is 4.90 Å². The summed E-state index contributed by atoms with van der Waals surface area (Å²) in [4.78, 5) is 17.2. The Bertz CT molecular complexity index is 922. The van der Waals surface area contributed by atoms with Crippen molar-refractivity contribution in [3.05, 3.63) is 102 Å². The zero-order valence-corrected chi connectivity index (χ0v) is 19.6. The molecule has 0 heterocycles. The van der Waals surface area contributed by atoms with E-state index in [4.69, 9.17) is 4.74 Å². The highest BCUT2D eigenvalue weighted by Crippen LogP contribution is 2.29. The molecule has 1 N–H and O–H groups in total. The van der Waals surface area contributed by atoms with Crippen LogP contribution in [0.25, 0.3) is 0 Å². The third kappa shape index (κ3) is 7.17. The molecule has 0 bridgehead atoms. The summed E-state index contributed by atoms with van der Waals surface area (Å²) in [6.07, 6.45) is 0.603. The van der Waals surface area contributed by atoms with E-state index in [0.29, 0.717) is 26.1 Å². The Morgan fingerprint density at radius 2 is 1.48 bits per heavy atom. The van der Waals surface area contributed by atoms with E-state index in [9.17, 15) is 9.90 Å². The summed E-state index contributed by atoms with van der Waals surface area (Å²) in [7, 11) is 1.84. The van der Waals surface area contributed by atoms with Crippen LogP contribution in [0.3, 0.4) is 0 Å². The molecule has 0 spiro atoms. The first-order valence-electron chi connectivity index (χ1n) is 11.5. The quantitative estimate of drug-likeness (QED) is 0.445. The van der Waals surface area contributed by atoms with Gasteiger partial charge in [0.15, 0.2) is 0 Å². The maximum Gasteiger partial charge on any atom is 0.236 e. The molecule has 3 aromatic rings. The fraction of sp³-hybridized carbons (Fsp3) is 0.321. The molecule has 174 valence electrons. The molecule has 5 nitrogen and oxygen atoms in total. The first kappa shape index (κ1) is 24.5. The average Bonchev–Trinajstić information content (AvgIpc) is 2.85. The summed E-state index contributed by atoms with van der Waals surface area (Å²) in [5.74, 6) is 0.873. The average molecular weight is 447 g/mol. The first-order chi connectivity index (χ1) is 16.1. The lowest BCUT2D eigenvalue weighted by molar-refractivity contribution is -0.132. The van der Waals surface area contributed by atoms with E-state index >= 15 is 0 Å². The molecule has 5 heteroatoms. The molecule has 0 aromatic heterocycles. The van der Waals surface area contributed by atoms with Crippen LogP contribution in [0.5, 0.6) is 5.75 Å². The van der Waals surface area contributed by atoms with Crippen LogP contribution in [0.1, 0.15) is 36.1 Å². The van der Waals surface area contributed by atoms with Gasteiger partial charge in [0.25, 0.3) is 0 Å². The number of amides is 1. The molecule has 0 saturated carbocycles. The van der Waals surface area contributed by atoms with Gasteiger partial charge in [-0.25, -0.2) is 0 Å². The second-order valence-electron chi connectivity index (χ2n) is 8.10. The molecule has 0 fully saturated rings.